The number of nitrogens with two attached hydrogens (primary N) is 1. The fraction of sp³-hybridized carbons (Fsp3) is 0.600. The fourth-order valence-electron chi connectivity index (χ4n) is 2.11. The minimum atomic E-state index is 0.209. The van der Waals surface area contributed by atoms with Crippen molar-refractivity contribution in [1.82, 2.24) is 9.97 Å². The molecule has 1 fully saturated rings. The summed E-state index contributed by atoms with van der Waals surface area (Å²) in [6.07, 6.45) is 3.23. The standard InChI is InChI=1S/C10H15BrN4O/c11-8-4-9(12)15-10(14-8)13-7-3-1-2-6(7)5-16/h4,6-7,16H,1-3,5H2,(H3,12,13,14,15). The van der Waals surface area contributed by atoms with Crippen molar-refractivity contribution in [3.05, 3.63) is 10.7 Å². The van der Waals surface area contributed by atoms with Gasteiger partial charge in [-0.2, -0.15) is 4.98 Å². The van der Waals surface area contributed by atoms with Crippen LogP contribution in [0.2, 0.25) is 0 Å². The van der Waals surface area contributed by atoms with Gasteiger partial charge in [0, 0.05) is 24.6 Å². The van der Waals surface area contributed by atoms with Gasteiger partial charge in [-0.3, -0.25) is 0 Å². The molecule has 88 valence electrons. The molecule has 0 aliphatic heterocycles. The van der Waals surface area contributed by atoms with Crippen LogP contribution in [0, 0.1) is 5.92 Å². The van der Waals surface area contributed by atoms with E-state index in [0.29, 0.717) is 22.3 Å². The third-order valence-corrected chi connectivity index (χ3v) is 3.33. The van der Waals surface area contributed by atoms with E-state index in [1.807, 2.05) is 0 Å². The highest BCUT2D eigenvalue weighted by molar-refractivity contribution is 9.10. The lowest BCUT2D eigenvalue weighted by atomic mass is 10.1. The molecule has 1 aromatic rings. The van der Waals surface area contributed by atoms with E-state index >= 15 is 0 Å². The minimum Gasteiger partial charge on any atom is -0.396 e. The van der Waals surface area contributed by atoms with Crippen molar-refractivity contribution < 1.29 is 5.11 Å². The SMILES string of the molecule is Nc1cc(Br)nc(NC2CCCC2CO)n1. The number of anilines is 2. The molecule has 0 saturated heterocycles. The lowest BCUT2D eigenvalue weighted by Crippen LogP contribution is -2.27. The summed E-state index contributed by atoms with van der Waals surface area (Å²) in [5, 5.41) is 12.4. The van der Waals surface area contributed by atoms with Crippen LogP contribution in [0.4, 0.5) is 11.8 Å². The molecule has 1 aliphatic rings. The van der Waals surface area contributed by atoms with E-state index in [4.69, 9.17) is 5.73 Å². The number of hydrogen-bond acceptors (Lipinski definition) is 5. The Bertz CT molecular complexity index is 354. The van der Waals surface area contributed by atoms with Crippen LogP contribution in [0.1, 0.15) is 19.3 Å². The van der Waals surface area contributed by atoms with Gasteiger partial charge in [-0.15, -0.1) is 0 Å². The quantitative estimate of drug-likeness (QED) is 0.732. The van der Waals surface area contributed by atoms with Gasteiger partial charge in [0.2, 0.25) is 5.95 Å². The predicted octanol–water partition coefficient (Wildman–Crippen LogP) is 1.39. The summed E-state index contributed by atoms with van der Waals surface area (Å²) in [4.78, 5) is 8.31. The zero-order valence-corrected chi connectivity index (χ0v) is 10.4. The van der Waals surface area contributed by atoms with Crippen molar-refractivity contribution in [3.63, 3.8) is 0 Å². The second-order valence-electron chi connectivity index (χ2n) is 4.06. The van der Waals surface area contributed by atoms with Crippen LogP contribution >= 0.6 is 15.9 Å². The molecule has 4 N–H and O–H groups in total. The molecule has 5 nitrogen and oxygen atoms in total. The maximum atomic E-state index is 9.21. The number of halogens is 1. The van der Waals surface area contributed by atoms with E-state index in [1.54, 1.807) is 6.07 Å². The largest absolute Gasteiger partial charge is 0.396 e. The molecule has 0 spiro atoms. The van der Waals surface area contributed by atoms with Crippen LogP contribution in [-0.2, 0) is 0 Å². The third-order valence-electron chi connectivity index (χ3n) is 2.92. The van der Waals surface area contributed by atoms with Crippen LogP contribution in [0.5, 0.6) is 0 Å². The molecule has 6 heteroatoms. The Morgan fingerprint density at radius 2 is 2.31 bits per heavy atom. The van der Waals surface area contributed by atoms with Crippen molar-refractivity contribution >= 4 is 27.7 Å². The van der Waals surface area contributed by atoms with Crippen molar-refractivity contribution in [2.45, 2.75) is 25.3 Å². The lowest BCUT2D eigenvalue weighted by molar-refractivity contribution is 0.222. The van der Waals surface area contributed by atoms with E-state index in [0.717, 1.165) is 19.3 Å². The lowest BCUT2D eigenvalue weighted by Gasteiger charge is -2.18. The highest BCUT2D eigenvalue weighted by Gasteiger charge is 2.27. The maximum absolute atomic E-state index is 9.21. The van der Waals surface area contributed by atoms with E-state index < -0.39 is 0 Å². The smallest absolute Gasteiger partial charge is 0.225 e. The zero-order valence-electron chi connectivity index (χ0n) is 8.86. The molecule has 2 atom stereocenters. The first-order valence-electron chi connectivity index (χ1n) is 5.36. The molecule has 0 aromatic carbocycles. The van der Waals surface area contributed by atoms with Gasteiger partial charge in [-0.05, 0) is 28.8 Å². The number of rotatable bonds is 3. The molecule has 1 saturated carbocycles. The van der Waals surface area contributed by atoms with Crippen molar-refractivity contribution in [3.8, 4) is 0 Å². The first-order chi connectivity index (χ1) is 7.69. The minimum absolute atomic E-state index is 0.209. The van der Waals surface area contributed by atoms with Crippen LogP contribution < -0.4 is 11.1 Å². The van der Waals surface area contributed by atoms with Crippen molar-refractivity contribution in [2.75, 3.05) is 17.7 Å². The summed E-state index contributed by atoms with van der Waals surface area (Å²) in [6, 6.07) is 1.90. The Balaban J connectivity index is 2.08. The molecule has 1 aliphatic carbocycles. The fourth-order valence-corrected chi connectivity index (χ4v) is 2.51. The molecule has 2 unspecified atom stereocenters. The van der Waals surface area contributed by atoms with Gasteiger partial charge in [0.25, 0.3) is 0 Å². The number of nitrogen functional groups attached to an aromatic ring is 1. The Morgan fingerprint density at radius 3 is 3.00 bits per heavy atom. The van der Waals surface area contributed by atoms with Crippen molar-refractivity contribution in [1.29, 1.82) is 0 Å². The van der Waals surface area contributed by atoms with Gasteiger partial charge in [0.15, 0.2) is 0 Å². The zero-order chi connectivity index (χ0) is 11.5. The molecule has 2 rings (SSSR count). The second kappa shape index (κ2) is 4.97. The summed E-state index contributed by atoms with van der Waals surface area (Å²) < 4.78 is 0.668. The first kappa shape index (κ1) is 11.6. The molecule has 1 heterocycles. The molecular weight excluding hydrogens is 272 g/mol. The van der Waals surface area contributed by atoms with Gasteiger partial charge >= 0.3 is 0 Å². The van der Waals surface area contributed by atoms with Gasteiger partial charge in [-0.25, -0.2) is 4.98 Å². The van der Waals surface area contributed by atoms with Crippen LogP contribution in [-0.4, -0.2) is 27.7 Å². The number of nitrogens with zero attached hydrogens (tertiary/aromatic N) is 2. The number of aromatic nitrogens is 2. The molecule has 0 radical (unpaired) electrons. The molecule has 16 heavy (non-hydrogen) atoms. The summed E-state index contributed by atoms with van der Waals surface area (Å²) >= 11 is 3.27. The van der Waals surface area contributed by atoms with E-state index in [2.05, 4.69) is 31.2 Å². The van der Waals surface area contributed by atoms with E-state index in [-0.39, 0.29) is 12.6 Å². The Labute approximate surface area is 103 Å². The Kier molecular flexibility index (Phi) is 3.60. The Hall–Kier alpha value is -0.880. The van der Waals surface area contributed by atoms with Crippen molar-refractivity contribution in [2.24, 2.45) is 5.92 Å². The van der Waals surface area contributed by atoms with Crippen LogP contribution in [0.3, 0.4) is 0 Å². The first-order valence-corrected chi connectivity index (χ1v) is 6.16. The van der Waals surface area contributed by atoms with Gasteiger partial charge in [-0.1, -0.05) is 6.42 Å². The van der Waals surface area contributed by atoms with Gasteiger partial charge < -0.3 is 16.2 Å². The molecule has 0 amide bonds. The van der Waals surface area contributed by atoms with Crippen LogP contribution in [0.25, 0.3) is 0 Å². The molecular formula is C10H15BrN4O. The highest BCUT2D eigenvalue weighted by atomic mass is 79.9. The average molecular weight is 287 g/mol. The van der Waals surface area contributed by atoms with E-state index in [1.165, 1.54) is 0 Å². The highest BCUT2D eigenvalue weighted by Crippen LogP contribution is 2.27. The number of nitrogens with one attached hydrogen (secondary N) is 1. The summed E-state index contributed by atoms with van der Waals surface area (Å²) in [5.74, 6) is 1.25. The van der Waals surface area contributed by atoms with Gasteiger partial charge in [0.05, 0.1) is 0 Å². The molecule has 0 bridgehead atoms. The summed E-state index contributed by atoms with van der Waals surface area (Å²) in [5.41, 5.74) is 5.63. The Morgan fingerprint density at radius 1 is 1.50 bits per heavy atom. The summed E-state index contributed by atoms with van der Waals surface area (Å²) in [6.45, 7) is 0.209. The normalized spacial score (nSPS) is 24.6. The predicted molar refractivity (Wildman–Crippen MR) is 66.0 cm³/mol. The molecule has 1 aromatic heterocycles. The topological polar surface area (TPSA) is 84.1 Å². The number of hydrogen-bond donors (Lipinski definition) is 3. The van der Waals surface area contributed by atoms with E-state index in [9.17, 15) is 5.11 Å². The maximum Gasteiger partial charge on any atom is 0.225 e. The third kappa shape index (κ3) is 2.62. The number of aliphatic hydroxyl groups excluding tert-OH is 1. The monoisotopic (exact) mass is 286 g/mol. The number of aliphatic hydroxyl groups is 1. The van der Waals surface area contributed by atoms with Gasteiger partial charge in [0.1, 0.15) is 10.4 Å². The average Bonchev–Trinajstić information content (AvgIpc) is 2.63. The van der Waals surface area contributed by atoms with Crippen LogP contribution in [0.15, 0.2) is 10.7 Å². The summed E-state index contributed by atoms with van der Waals surface area (Å²) in [7, 11) is 0. The second-order valence-corrected chi connectivity index (χ2v) is 4.88.